The first-order chi connectivity index (χ1) is 10.1. The van der Waals surface area contributed by atoms with Crippen LogP contribution in [0, 0.1) is 26.7 Å². The maximum Gasteiger partial charge on any atom is 0.105 e. The summed E-state index contributed by atoms with van der Waals surface area (Å²) in [7, 11) is 0. The number of thiophene rings is 1. The van der Waals surface area contributed by atoms with Crippen LogP contribution in [0.1, 0.15) is 34.8 Å². The Bertz CT molecular complexity index is 571. The van der Waals surface area contributed by atoms with Crippen LogP contribution in [-0.4, -0.2) is 27.5 Å². The van der Waals surface area contributed by atoms with Gasteiger partial charge in [-0.25, -0.2) is 4.98 Å². The summed E-state index contributed by atoms with van der Waals surface area (Å²) in [6.45, 7) is 11.2. The third-order valence-corrected chi connectivity index (χ3v) is 5.75. The van der Waals surface area contributed by atoms with E-state index in [1.807, 2.05) is 17.5 Å². The highest BCUT2D eigenvalue weighted by molar-refractivity contribution is 7.10. The molecule has 3 rings (SSSR count). The number of rotatable bonds is 4. The molecule has 0 bridgehead atoms. The van der Waals surface area contributed by atoms with Crippen molar-refractivity contribution >= 4 is 11.3 Å². The molecule has 2 aromatic heterocycles. The SMILES string of the molecule is Cc1ccsc1CN1CCC(Cn2c(C)cnc2C)CC1. The van der Waals surface area contributed by atoms with Gasteiger partial charge in [-0.2, -0.15) is 0 Å². The average Bonchev–Trinajstić information content (AvgIpc) is 3.01. The molecule has 0 saturated carbocycles. The zero-order valence-corrected chi connectivity index (χ0v) is 14.1. The van der Waals surface area contributed by atoms with Crippen LogP contribution in [0.15, 0.2) is 17.6 Å². The van der Waals surface area contributed by atoms with Crippen LogP contribution in [0.4, 0.5) is 0 Å². The molecule has 0 spiro atoms. The standard InChI is InChI=1S/C17H25N3S/c1-13-6-9-21-17(13)12-19-7-4-16(5-8-19)11-20-14(2)10-18-15(20)3/h6,9-10,16H,4-5,7-8,11-12H2,1-3H3. The number of hydrogen-bond donors (Lipinski definition) is 0. The molecule has 0 aromatic carbocycles. The van der Waals surface area contributed by atoms with E-state index in [0.29, 0.717) is 0 Å². The van der Waals surface area contributed by atoms with E-state index in [-0.39, 0.29) is 0 Å². The fourth-order valence-electron chi connectivity index (χ4n) is 3.21. The summed E-state index contributed by atoms with van der Waals surface area (Å²) in [4.78, 5) is 8.56. The Balaban J connectivity index is 1.52. The van der Waals surface area contributed by atoms with Gasteiger partial charge in [-0.1, -0.05) is 0 Å². The van der Waals surface area contributed by atoms with Gasteiger partial charge in [0.05, 0.1) is 0 Å². The van der Waals surface area contributed by atoms with E-state index in [1.165, 1.54) is 42.1 Å². The first kappa shape index (κ1) is 14.8. The molecule has 2 aromatic rings. The molecule has 0 radical (unpaired) electrons. The molecule has 0 N–H and O–H groups in total. The lowest BCUT2D eigenvalue weighted by molar-refractivity contribution is 0.167. The molecule has 1 aliphatic rings. The van der Waals surface area contributed by atoms with Gasteiger partial charge in [0.15, 0.2) is 0 Å². The number of likely N-dealkylation sites (tertiary alicyclic amines) is 1. The van der Waals surface area contributed by atoms with E-state index in [4.69, 9.17) is 0 Å². The Morgan fingerprint density at radius 2 is 2.00 bits per heavy atom. The average molecular weight is 303 g/mol. The van der Waals surface area contributed by atoms with Crippen molar-refractivity contribution in [2.45, 2.75) is 46.7 Å². The van der Waals surface area contributed by atoms with Crippen molar-refractivity contribution in [1.82, 2.24) is 14.5 Å². The minimum Gasteiger partial charge on any atom is -0.332 e. The second-order valence-electron chi connectivity index (χ2n) is 6.30. The molecule has 0 amide bonds. The highest BCUT2D eigenvalue weighted by Gasteiger charge is 2.21. The Hall–Kier alpha value is -1.13. The number of aromatic nitrogens is 2. The maximum absolute atomic E-state index is 4.41. The predicted molar refractivity (Wildman–Crippen MR) is 88.8 cm³/mol. The van der Waals surface area contributed by atoms with Crippen molar-refractivity contribution in [3.63, 3.8) is 0 Å². The van der Waals surface area contributed by atoms with Crippen molar-refractivity contribution in [3.05, 3.63) is 39.6 Å². The third kappa shape index (κ3) is 3.38. The minimum atomic E-state index is 0.803. The Morgan fingerprint density at radius 3 is 2.57 bits per heavy atom. The fraction of sp³-hybridized carbons (Fsp3) is 0.588. The van der Waals surface area contributed by atoms with E-state index < -0.39 is 0 Å². The highest BCUT2D eigenvalue weighted by Crippen LogP contribution is 2.24. The quantitative estimate of drug-likeness (QED) is 0.857. The normalized spacial score (nSPS) is 17.5. The molecule has 0 atom stereocenters. The number of imidazole rings is 1. The minimum absolute atomic E-state index is 0.803. The fourth-order valence-corrected chi connectivity index (χ4v) is 4.16. The van der Waals surface area contributed by atoms with Crippen LogP contribution in [0.2, 0.25) is 0 Å². The van der Waals surface area contributed by atoms with Crippen LogP contribution in [0.25, 0.3) is 0 Å². The van der Waals surface area contributed by atoms with Gasteiger partial charge in [0.1, 0.15) is 5.82 Å². The van der Waals surface area contributed by atoms with Crippen LogP contribution in [0.3, 0.4) is 0 Å². The molecule has 114 valence electrons. The molecule has 3 heterocycles. The maximum atomic E-state index is 4.41. The summed E-state index contributed by atoms with van der Waals surface area (Å²) < 4.78 is 2.38. The summed E-state index contributed by atoms with van der Waals surface area (Å²) in [6, 6.07) is 2.23. The van der Waals surface area contributed by atoms with Crippen LogP contribution >= 0.6 is 11.3 Å². The summed E-state index contributed by atoms with van der Waals surface area (Å²) in [5.74, 6) is 1.96. The van der Waals surface area contributed by atoms with Gasteiger partial charge in [-0.05, 0) is 69.6 Å². The molecule has 0 aliphatic carbocycles. The van der Waals surface area contributed by atoms with E-state index >= 15 is 0 Å². The van der Waals surface area contributed by atoms with Crippen LogP contribution < -0.4 is 0 Å². The van der Waals surface area contributed by atoms with Crippen LogP contribution in [0.5, 0.6) is 0 Å². The molecule has 3 nitrogen and oxygen atoms in total. The first-order valence-corrected chi connectivity index (χ1v) is 8.75. The lowest BCUT2D eigenvalue weighted by Crippen LogP contribution is -2.34. The third-order valence-electron chi connectivity index (χ3n) is 4.74. The van der Waals surface area contributed by atoms with Gasteiger partial charge >= 0.3 is 0 Å². The second-order valence-corrected chi connectivity index (χ2v) is 7.30. The van der Waals surface area contributed by atoms with Gasteiger partial charge < -0.3 is 4.57 Å². The largest absolute Gasteiger partial charge is 0.332 e. The Morgan fingerprint density at radius 1 is 1.24 bits per heavy atom. The van der Waals surface area contributed by atoms with Gasteiger partial charge in [-0.3, -0.25) is 4.90 Å². The zero-order valence-electron chi connectivity index (χ0n) is 13.3. The first-order valence-electron chi connectivity index (χ1n) is 7.87. The summed E-state index contributed by atoms with van der Waals surface area (Å²) in [5, 5.41) is 2.21. The second kappa shape index (κ2) is 6.32. The molecule has 1 aliphatic heterocycles. The molecule has 1 fully saturated rings. The smallest absolute Gasteiger partial charge is 0.105 e. The predicted octanol–water partition coefficient (Wildman–Crippen LogP) is 3.78. The van der Waals surface area contributed by atoms with Crippen molar-refractivity contribution < 1.29 is 0 Å². The number of aryl methyl sites for hydroxylation is 3. The lowest BCUT2D eigenvalue weighted by atomic mass is 9.96. The highest BCUT2D eigenvalue weighted by atomic mass is 32.1. The summed E-state index contributed by atoms with van der Waals surface area (Å²) in [6.07, 6.45) is 4.60. The van der Waals surface area contributed by atoms with E-state index in [9.17, 15) is 0 Å². The number of piperidine rings is 1. The van der Waals surface area contributed by atoms with Crippen LogP contribution in [-0.2, 0) is 13.1 Å². The topological polar surface area (TPSA) is 21.1 Å². The molecule has 4 heteroatoms. The van der Waals surface area contributed by atoms with E-state index in [1.54, 1.807) is 0 Å². The summed E-state index contributed by atoms with van der Waals surface area (Å²) >= 11 is 1.90. The Kier molecular flexibility index (Phi) is 4.45. The zero-order chi connectivity index (χ0) is 14.8. The monoisotopic (exact) mass is 303 g/mol. The summed E-state index contributed by atoms with van der Waals surface area (Å²) in [5.41, 5.74) is 2.75. The molecular weight excluding hydrogens is 278 g/mol. The molecular formula is C17H25N3S. The number of nitrogens with zero attached hydrogens (tertiary/aromatic N) is 3. The van der Waals surface area contributed by atoms with Crippen molar-refractivity contribution in [1.29, 1.82) is 0 Å². The van der Waals surface area contributed by atoms with Crippen molar-refractivity contribution in [2.75, 3.05) is 13.1 Å². The number of hydrogen-bond acceptors (Lipinski definition) is 3. The molecule has 21 heavy (non-hydrogen) atoms. The molecule has 0 unspecified atom stereocenters. The van der Waals surface area contributed by atoms with Gasteiger partial charge in [0.25, 0.3) is 0 Å². The lowest BCUT2D eigenvalue weighted by Gasteiger charge is -2.32. The van der Waals surface area contributed by atoms with Crippen molar-refractivity contribution in [3.8, 4) is 0 Å². The van der Waals surface area contributed by atoms with E-state index in [0.717, 1.165) is 24.8 Å². The Labute approximate surface area is 131 Å². The van der Waals surface area contributed by atoms with Gasteiger partial charge in [0, 0.05) is 29.9 Å². The molecule has 1 saturated heterocycles. The van der Waals surface area contributed by atoms with Crippen molar-refractivity contribution in [2.24, 2.45) is 5.92 Å². The van der Waals surface area contributed by atoms with Gasteiger partial charge in [0.2, 0.25) is 0 Å². The van der Waals surface area contributed by atoms with Gasteiger partial charge in [-0.15, -0.1) is 11.3 Å². The van der Waals surface area contributed by atoms with E-state index in [2.05, 4.69) is 46.7 Å².